The predicted octanol–water partition coefficient (Wildman–Crippen LogP) is 1.41. The van der Waals surface area contributed by atoms with E-state index >= 15 is 0 Å². The molecule has 0 bridgehead atoms. The molecular formula is C7H9NOS. The number of rotatable bonds is 1. The first-order valence-corrected chi connectivity index (χ1v) is 3.60. The molecule has 0 atom stereocenters. The number of nitrogens with two attached hydrogens (primary N) is 1. The van der Waals surface area contributed by atoms with Crippen LogP contribution < -0.4 is 5.73 Å². The van der Waals surface area contributed by atoms with Gasteiger partial charge in [-0.2, -0.15) is 11.3 Å². The van der Waals surface area contributed by atoms with E-state index in [1.165, 1.54) is 0 Å². The Morgan fingerprint density at radius 1 is 1.50 bits per heavy atom. The van der Waals surface area contributed by atoms with Gasteiger partial charge in [0.25, 0.3) is 0 Å². The number of hydrogen-bond acceptors (Lipinski definition) is 2. The second-order valence-corrected chi connectivity index (χ2v) is 2.22. The van der Waals surface area contributed by atoms with E-state index in [0.29, 0.717) is 0 Å². The molecule has 0 saturated heterocycles. The molecule has 0 spiro atoms. The Morgan fingerprint density at radius 3 is 2.00 bits per heavy atom. The van der Waals surface area contributed by atoms with Crippen molar-refractivity contribution in [3.05, 3.63) is 35.5 Å². The molecule has 1 amide bonds. The van der Waals surface area contributed by atoms with Crippen molar-refractivity contribution in [2.45, 2.75) is 0 Å². The zero-order chi connectivity index (χ0) is 7.82. The molecule has 2 N–H and O–H groups in total. The van der Waals surface area contributed by atoms with Crippen LogP contribution in [0.25, 0.3) is 0 Å². The topological polar surface area (TPSA) is 43.1 Å². The van der Waals surface area contributed by atoms with E-state index in [-0.39, 0.29) is 0 Å². The Morgan fingerprint density at radius 2 is 1.90 bits per heavy atom. The number of carbonyl (C=O) groups is 1. The highest BCUT2D eigenvalue weighted by atomic mass is 32.1. The second-order valence-electron chi connectivity index (χ2n) is 1.40. The molecule has 0 aliphatic carbocycles. The Labute approximate surface area is 64.0 Å². The number of primary amides is 1. The van der Waals surface area contributed by atoms with Crippen LogP contribution in [0.2, 0.25) is 0 Å². The summed E-state index contributed by atoms with van der Waals surface area (Å²) in [5.74, 6) is -0.481. The second kappa shape index (κ2) is 6.04. The largest absolute Gasteiger partial charge is 0.366 e. The molecule has 0 unspecified atom stereocenters. The maximum Gasteiger partial charge on any atom is 0.240 e. The van der Waals surface area contributed by atoms with Crippen molar-refractivity contribution in [3.63, 3.8) is 0 Å². The SMILES string of the molecule is C=CC(N)=O.c1ccsc1. The van der Waals surface area contributed by atoms with Gasteiger partial charge in [-0.1, -0.05) is 18.7 Å². The van der Waals surface area contributed by atoms with Gasteiger partial charge < -0.3 is 5.73 Å². The van der Waals surface area contributed by atoms with E-state index < -0.39 is 5.91 Å². The number of amides is 1. The normalized spacial score (nSPS) is 7.20. The maximum absolute atomic E-state index is 9.47. The van der Waals surface area contributed by atoms with Gasteiger partial charge in [-0.05, 0) is 16.8 Å². The molecule has 1 aromatic heterocycles. The maximum atomic E-state index is 9.47. The first-order valence-electron chi connectivity index (χ1n) is 2.66. The molecule has 1 aromatic rings. The summed E-state index contributed by atoms with van der Waals surface area (Å²) in [6.07, 6.45) is 1.06. The molecule has 0 aliphatic rings. The fourth-order valence-electron chi connectivity index (χ4n) is 0.227. The lowest BCUT2D eigenvalue weighted by Crippen LogP contribution is -2.04. The van der Waals surface area contributed by atoms with Crippen LogP contribution in [0.4, 0.5) is 0 Å². The molecule has 0 aromatic carbocycles. The Hall–Kier alpha value is -1.09. The molecule has 0 radical (unpaired) electrons. The van der Waals surface area contributed by atoms with Crippen LogP contribution in [0.15, 0.2) is 35.5 Å². The first kappa shape index (κ1) is 8.91. The van der Waals surface area contributed by atoms with Gasteiger partial charge in [-0.3, -0.25) is 4.79 Å². The molecule has 1 rings (SSSR count). The lowest BCUT2D eigenvalue weighted by Gasteiger charge is -1.65. The minimum Gasteiger partial charge on any atom is -0.366 e. The standard InChI is InChI=1S/C4H4S.C3H5NO/c1-2-4-5-3-1;1-2-3(4)5/h1-4H;2H,1H2,(H2,4,5). The van der Waals surface area contributed by atoms with Crippen molar-refractivity contribution in [1.29, 1.82) is 0 Å². The van der Waals surface area contributed by atoms with Crippen LogP contribution in [0, 0.1) is 0 Å². The zero-order valence-electron chi connectivity index (χ0n) is 5.49. The Bertz CT molecular complexity index is 164. The van der Waals surface area contributed by atoms with Crippen molar-refractivity contribution in [2.24, 2.45) is 5.73 Å². The molecule has 2 nitrogen and oxygen atoms in total. The quantitative estimate of drug-likeness (QED) is 0.612. The third kappa shape index (κ3) is 6.91. The highest BCUT2D eigenvalue weighted by molar-refractivity contribution is 7.07. The summed E-state index contributed by atoms with van der Waals surface area (Å²) < 4.78 is 0. The molecule has 0 aliphatic heterocycles. The molecule has 0 fully saturated rings. The van der Waals surface area contributed by atoms with Crippen molar-refractivity contribution in [1.82, 2.24) is 0 Å². The van der Waals surface area contributed by atoms with Gasteiger partial charge >= 0.3 is 0 Å². The van der Waals surface area contributed by atoms with E-state index in [1.54, 1.807) is 11.3 Å². The van der Waals surface area contributed by atoms with Gasteiger partial charge in [0.15, 0.2) is 0 Å². The van der Waals surface area contributed by atoms with E-state index in [9.17, 15) is 4.79 Å². The number of thiophene rings is 1. The van der Waals surface area contributed by atoms with Crippen LogP contribution in [0.1, 0.15) is 0 Å². The highest BCUT2D eigenvalue weighted by Gasteiger charge is 1.69. The summed E-state index contributed by atoms with van der Waals surface area (Å²) in [5, 5.41) is 4.08. The molecule has 3 heteroatoms. The Kier molecular flexibility index (Phi) is 5.38. The van der Waals surface area contributed by atoms with Crippen molar-refractivity contribution in [3.8, 4) is 0 Å². The van der Waals surface area contributed by atoms with E-state index in [4.69, 9.17) is 0 Å². The third-order valence-corrected chi connectivity index (χ3v) is 1.26. The molecular weight excluding hydrogens is 146 g/mol. The van der Waals surface area contributed by atoms with Crippen LogP contribution in [0.5, 0.6) is 0 Å². The van der Waals surface area contributed by atoms with E-state index in [1.807, 2.05) is 22.9 Å². The van der Waals surface area contributed by atoms with Gasteiger partial charge in [0.05, 0.1) is 0 Å². The van der Waals surface area contributed by atoms with Crippen molar-refractivity contribution >= 4 is 17.2 Å². The minimum atomic E-state index is -0.481. The first-order chi connectivity index (χ1) is 4.77. The van der Waals surface area contributed by atoms with Gasteiger partial charge in [0.1, 0.15) is 0 Å². The average molecular weight is 155 g/mol. The lowest BCUT2D eigenvalue weighted by molar-refractivity contribution is -0.113. The van der Waals surface area contributed by atoms with Crippen LogP contribution in [-0.2, 0) is 4.79 Å². The van der Waals surface area contributed by atoms with Crippen LogP contribution in [-0.4, -0.2) is 5.91 Å². The minimum absolute atomic E-state index is 0.481. The van der Waals surface area contributed by atoms with Crippen molar-refractivity contribution < 1.29 is 4.79 Å². The fraction of sp³-hybridized carbons (Fsp3) is 0. The summed E-state index contributed by atoms with van der Waals surface area (Å²) in [6, 6.07) is 4.04. The summed E-state index contributed by atoms with van der Waals surface area (Å²) >= 11 is 1.71. The third-order valence-electron chi connectivity index (χ3n) is 0.627. The average Bonchev–Trinajstić information content (AvgIpc) is 2.43. The predicted molar refractivity (Wildman–Crippen MR) is 43.7 cm³/mol. The molecule has 54 valence electrons. The number of hydrogen-bond donors (Lipinski definition) is 1. The summed E-state index contributed by atoms with van der Waals surface area (Å²) in [5.41, 5.74) is 4.53. The lowest BCUT2D eigenvalue weighted by atomic mass is 10.6. The highest BCUT2D eigenvalue weighted by Crippen LogP contribution is 1.91. The molecule has 10 heavy (non-hydrogen) atoms. The van der Waals surface area contributed by atoms with E-state index in [0.717, 1.165) is 6.08 Å². The van der Waals surface area contributed by atoms with Crippen LogP contribution >= 0.6 is 11.3 Å². The fourth-order valence-corrected chi connectivity index (χ4v) is 0.680. The zero-order valence-corrected chi connectivity index (χ0v) is 6.30. The van der Waals surface area contributed by atoms with Crippen molar-refractivity contribution in [2.75, 3.05) is 0 Å². The monoisotopic (exact) mass is 155 g/mol. The summed E-state index contributed by atoms with van der Waals surface area (Å²) in [4.78, 5) is 9.47. The summed E-state index contributed by atoms with van der Waals surface area (Å²) in [6.45, 7) is 3.09. The van der Waals surface area contributed by atoms with Gasteiger partial charge in [0.2, 0.25) is 5.91 Å². The van der Waals surface area contributed by atoms with Gasteiger partial charge in [-0.15, -0.1) is 0 Å². The molecule has 1 heterocycles. The summed E-state index contributed by atoms with van der Waals surface area (Å²) in [7, 11) is 0. The molecule has 0 saturated carbocycles. The smallest absolute Gasteiger partial charge is 0.240 e. The van der Waals surface area contributed by atoms with Gasteiger partial charge in [-0.25, -0.2) is 0 Å². The number of carbonyl (C=O) groups excluding carboxylic acids is 1. The Balaban J connectivity index is 0.000000162. The van der Waals surface area contributed by atoms with E-state index in [2.05, 4.69) is 12.3 Å². The van der Waals surface area contributed by atoms with Crippen LogP contribution in [0.3, 0.4) is 0 Å². The van der Waals surface area contributed by atoms with Gasteiger partial charge in [0, 0.05) is 0 Å².